The van der Waals surface area contributed by atoms with Gasteiger partial charge in [-0.25, -0.2) is 15.0 Å². The number of alkyl halides is 3. The number of benzene rings is 1. The number of H-pyrrole nitrogens is 1. The van der Waals surface area contributed by atoms with Crippen molar-refractivity contribution < 1.29 is 17.9 Å². The van der Waals surface area contributed by atoms with Crippen molar-refractivity contribution in [1.82, 2.24) is 29.8 Å². The van der Waals surface area contributed by atoms with E-state index < -0.39 is 6.36 Å². The number of nitrogens with zero attached hydrogens (tertiary/aromatic N) is 5. The van der Waals surface area contributed by atoms with Gasteiger partial charge >= 0.3 is 6.36 Å². The third kappa shape index (κ3) is 5.19. The first kappa shape index (κ1) is 22.7. The normalized spacial score (nSPS) is 13.9. The van der Waals surface area contributed by atoms with E-state index in [-0.39, 0.29) is 16.9 Å². The molecule has 8 nitrogen and oxygen atoms in total. The summed E-state index contributed by atoms with van der Waals surface area (Å²) in [5.74, 6) is 0.137. The van der Waals surface area contributed by atoms with Crippen LogP contribution in [0.1, 0.15) is 16.8 Å². The van der Waals surface area contributed by atoms with Crippen LogP contribution >= 0.6 is 0 Å². The van der Waals surface area contributed by atoms with Gasteiger partial charge in [0.05, 0.1) is 22.5 Å². The quantitative estimate of drug-likeness (QED) is 0.465. The van der Waals surface area contributed by atoms with Crippen LogP contribution in [0, 0.1) is 0 Å². The molecule has 0 spiro atoms. The lowest BCUT2D eigenvalue weighted by Gasteiger charge is -2.27. The molecule has 4 heterocycles. The number of fused-ring (bicyclic) bond motifs is 1. The Bertz CT molecular complexity index is 1390. The van der Waals surface area contributed by atoms with Gasteiger partial charge in [-0.2, -0.15) is 0 Å². The molecule has 35 heavy (non-hydrogen) atoms. The number of para-hydroxylation sites is 1. The van der Waals surface area contributed by atoms with Crippen LogP contribution in [0.5, 0.6) is 5.75 Å². The molecule has 1 N–H and O–H groups in total. The lowest BCUT2D eigenvalue weighted by Crippen LogP contribution is -2.35. The lowest BCUT2D eigenvalue weighted by molar-refractivity contribution is -0.274. The topological polar surface area (TPSA) is 96.9 Å². The van der Waals surface area contributed by atoms with E-state index in [4.69, 9.17) is 0 Å². The van der Waals surface area contributed by atoms with Gasteiger partial charge in [-0.15, -0.1) is 13.2 Å². The number of hydrogen-bond donors (Lipinski definition) is 1. The van der Waals surface area contributed by atoms with Crippen molar-refractivity contribution in [3.05, 3.63) is 88.5 Å². The summed E-state index contributed by atoms with van der Waals surface area (Å²) in [6.07, 6.45) is 2.04. The van der Waals surface area contributed by atoms with E-state index in [0.29, 0.717) is 48.7 Å². The molecule has 0 bridgehead atoms. The van der Waals surface area contributed by atoms with E-state index in [1.807, 2.05) is 6.07 Å². The molecule has 0 unspecified atom stereocenters. The molecule has 178 valence electrons. The van der Waals surface area contributed by atoms with Crippen LogP contribution in [0.4, 0.5) is 13.2 Å². The van der Waals surface area contributed by atoms with E-state index in [0.717, 1.165) is 11.3 Å². The molecule has 4 aromatic rings. The van der Waals surface area contributed by atoms with Gasteiger partial charge in [0.1, 0.15) is 17.9 Å². The largest absolute Gasteiger partial charge is 0.573 e. The number of pyridine rings is 1. The first-order valence-electron chi connectivity index (χ1n) is 10.8. The zero-order chi connectivity index (χ0) is 24.4. The van der Waals surface area contributed by atoms with E-state index in [9.17, 15) is 18.0 Å². The van der Waals surface area contributed by atoms with Crippen LogP contribution in [0.25, 0.3) is 22.6 Å². The van der Waals surface area contributed by atoms with Crippen molar-refractivity contribution >= 4 is 0 Å². The number of halogens is 3. The summed E-state index contributed by atoms with van der Waals surface area (Å²) in [6.45, 7) is 1.65. The summed E-state index contributed by atoms with van der Waals surface area (Å²) < 4.78 is 42.3. The number of aromatic nitrogens is 5. The standard InChI is InChI=1S/C24H19F3N6O2/c25-24(26,27)35-21-4-2-1-3-17(21)19-6-5-15(9-30-19)12-33-8-7-20-18(13-33)23(34)32-22(31-20)16-10-28-14-29-11-16/h1-6,9-11,14H,7-8,12-13H2,(H,31,32,34). The molecule has 11 heteroatoms. The predicted molar refractivity (Wildman–Crippen MR) is 120 cm³/mol. The molecular formula is C24H19F3N6O2. The Labute approximate surface area is 197 Å². The molecule has 0 atom stereocenters. The molecule has 1 aliphatic heterocycles. The molecule has 0 amide bonds. The Morgan fingerprint density at radius 1 is 1.06 bits per heavy atom. The minimum Gasteiger partial charge on any atom is -0.405 e. The van der Waals surface area contributed by atoms with Crippen molar-refractivity contribution in [2.75, 3.05) is 6.54 Å². The summed E-state index contributed by atoms with van der Waals surface area (Å²) >= 11 is 0. The number of nitrogens with one attached hydrogen (secondary N) is 1. The van der Waals surface area contributed by atoms with E-state index in [1.165, 1.54) is 24.5 Å². The van der Waals surface area contributed by atoms with Gasteiger partial charge in [0.15, 0.2) is 0 Å². The van der Waals surface area contributed by atoms with E-state index in [2.05, 4.69) is 34.6 Å². The number of hydrogen-bond acceptors (Lipinski definition) is 7. The summed E-state index contributed by atoms with van der Waals surface area (Å²) in [5.41, 5.74) is 3.29. The summed E-state index contributed by atoms with van der Waals surface area (Å²) in [7, 11) is 0. The SMILES string of the molecule is O=c1[nH]c(-c2cncnc2)nc2c1CN(Cc1ccc(-c3ccccc3OC(F)(F)F)nc1)CC2. The van der Waals surface area contributed by atoms with E-state index >= 15 is 0 Å². The Morgan fingerprint density at radius 2 is 1.86 bits per heavy atom. The fourth-order valence-corrected chi connectivity index (χ4v) is 4.00. The first-order valence-corrected chi connectivity index (χ1v) is 10.8. The summed E-state index contributed by atoms with van der Waals surface area (Å²) in [5, 5.41) is 0. The molecule has 1 aromatic carbocycles. The van der Waals surface area contributed by atoms with Gasteiger partial charge < -0.3 is 9.72 Å². The number of rotatable bonds is 5. The number of aromatic amines is 1. The Kier molecular flexibility index (Phi) is 6.00. The van der Waals surface area contributed by atoms with Gasteiger partial charge in [0.2, 0.25) is 0 Å². The highest BCUT2D eigenvalue weighted by molar-refractivity contribution is 5.67. The summed E-state index contributed by atoms with van der Waals surface area (Å²) in [6, 6.07) is 9.35. The lowest BCUT2D eigenvalue weighted by atomic mass is 10.1. The molecule has 0 radical (unpaired) electrons. The van der Waals surface area contributed by atoms with Gasteiger partial charge in [0, 0.05) is 50.2 Å². The molecule has 0 fully saturated rings. The van der Waals surface area contributed by atoms with Crippen LogP contribution in [0.2, 0.25) is 0 Å². The van der Waals surface area contributed by atoms with Gasteiger partial charge in [-0.05, 0) is 23.8 Å². The van der Waals surface area contributed by atoms with Crippen molar-refractivity contribution in [3.63, 3.8) is 0 Å². The zero-order valence-electron chi connectivity index (χ0n) is 18.3. The molecule has 0 aliphatic carbocycles. The minimum atomic E-state index is -4.79. The van der Waals surface area contributed by atoms with Crippen molar-refractivity contribution in [1.29, 1.82) is 0 Å². The second kappa shape index (κ2) is 9.26. The maximum Gasteiger partial charge on any atom is 0.573 e. The first-order chi connectivity index (χ1) is 16.9. The highest BCUT2D eigenvalue weighted by Crippen LogP contribution is 2.32. The van der Waals surface area contributed by atoms with Crippen LogP contribution < -0.4 is 10.3 Å². The average Bonchev–Trinajstić information content (AvgIpc) is 2.85. The predicted octanol–water partition coefficient (Wildman–Crippen LogP) is 3.75. The van der Waals surface area contributed by atoms with Gasteiger partial charge in [-0.3, -0.25) is 14.7 Å². The average molecular weight is 480 g/mol. The maximum absolute atomic E-state index is 12.7. The fraction of sp³-hybridized carbons (Fsp3) is 0.208. The second-order valence-electron chi connectivity index (χ2n) is 8.02. The minimum absolute atomic E-state index is 0.201. The van der Waals surface area contributed by atoms with Gasteiger partial charge in [0.25, 0.3) is 5.56 Å². The molecule has 0 saturated carbocycles. The van der Waals surface area contributed by atoms with Crippen molar-refractivity contribution in [2.45, 2.75) is 25.9 Å². The highest BCUT2D eigenvalue weighted by atomic mass is 19.4. The molecular weight excluding hydrogens is 461 g/mol. The molecule has 3 aromatic heterocycles. The molecule has 5 rings (SSSR count). The second-order valence-corrected chi connectivity index (χ2v) is 8.02. The smallest absolute Gasteiger partial charge is 0.405 e. The van der Waals surface area contributed by atoms with Crippen LogP contribution in [-0.2, 0) is 19.5 Å². The fourth-order valence-electron chi connectivity index (χ4n) is 4.00. The number of ether oxygens (including phenoxy) is 1. The van der Waals surface area contributed by atoms with Crippen molar-refractivity contribution in [3.8, 4) is 28.4 Å². The van der Waals surface area contributed by atoms with Crippen LogP contribution in [-0.4, -0.2) is 42.7 Å². The van der Waals surface area contributed by atoms with E-state index in [1.54, 1.807) is 30.7 Å². The molecule has 1 aliphatic rings. The Balaban J connectivity index is 1.30. The zero-order valence-corrected chi connectivity index (χ0v) is 18.3. The summed E-state index contributed by atoms with van der Waals surface area (Å²) in [4.78, 5) is 34.5. The maximum atomic E-state index is 12.7. The van der Waals surface area contributed by atoms with Crippen molar-refractivity contribution in [2.24, 2.45) is 0 Å². The monoisotopic (exact) mass is 480 g/mol. The highest BCUT2D eigenvalue weighted by Gasteiger charge is 2.32. The van der Waals surface area contributed by atoms with Crippen LogP contribution in [0.3, 0.4) is 0 Å². The third-order valence-corrected chi connectivity index (χ3v) is 5.60. The molecule has 0 saturated heterocycles. The Morgan fingerprint density at radius 3 is 2.60 bits per heavy atom. The van der Waals surface area contributed by atoms with Gasteiger partial charge in [-0.1, -0.05) is 18.2 Å². The third-order valence-electron chi connectivity index (χ3n) is 5.60. The Hall–Kier alpha value is -4.12. The van der Waals surface area contributed by atoms with Crippen LogP contribution in [0.15, 0.2) is 66.1 Å².